The van der Waals surface area contributed by atoms with E-state index in [1.54, 1.807) is 53.9 Å². The lowest BCUT2D eigenvalue weighted by atomic mass is 9.96. The minimum absolute atomic E-state index is 0.0166. The highest BCUT2D eigenvalue weighted by Crippen LogP contribution is 2.41. The number of aromatic nitrogens is 2. The number of aryl methyl sites for hydroxylation is 1. The van der Waals surface area contributed by atoms with Gasteiger partial charge in [-0.05, 0) is 48.9 Å². The molecule has 4 aromatic rings. The first-order valence-electron chi connectivity index (χ1n) is 9.99. The minimum atomic E-state index is -0.916. The molecule has 1 unspecified atom stereocenters. The van der Waals surface area contributed by atoms with Crippen molar-refractivity contribution in [3.8, 4) is 5.75 Å². The van der Waals surface area contributed by atoms with Crippen LogP contribution in [0.4, 0.5) is 0 Å². The number of pyridine rings is 1. The number of furan rings is 1. The predicted molar refractivity (Wildman–Crippen MR) is 115 cm³/mol. The highest BCUT2D eigenvalue weighted by Gasteiger charge is 2.47. The van der Waals surface area contributed by atoms with Crippen LogP contribution in [0.25, 0.3) is 11.4 Å². The van der Waals surface area contributed by atoms with Gasteiger partial charge in [0.15, 0.2) is 5.76 Å². The number of likely N-dealkylation sites (tertiary alicyclic amines) is 1. The maximum atomic E-state index is 13.2. The van der Waals surface area contributed by atoms with Crippen molar-refractivity contribution >= 4 is 23.1 Å². The Morgan fingerprint density at radius 3 is 2.72 bits per heavy atom. The number of hydrogen-bond acceptors (Lipinski definition) is 6. The fraction of sp³-hybridized carbons (Fsp3) is 0.125. The third kappa shape index (κ3) is 3.04. The summed E-state index contributed by atoms with van der Waals surface area (Å²) < 4.78 is 7.06. The molecule has 4 heterocycles. The normalized spacial score (nSPS) is 18.0. The Balaban J connectivity index is 1.74. The van der Waals surface area contributed by atoms with E-state index in [1.165, 1.54) is 23.3 Å². The van der Waals surface area contributed by atoms with Crippen molar-refractivity contribution in [2.24, 2.45) is 0 Å². The number of aromatic hydroxyl groups is 1. The van der Waals surface area contributed by atoms with Gasteiger partial charge in [0.2, 0.25) is 0 Å². The molecule has 8 heteroatoms. The second-order valence-corrected chi connectivity index (χ2v) is 7.58. The number of aliphatic hydroxyl groups excluding tert-OH is 1. The van der Waals surface area contributed by atoms with E-state index in [2.05, 4.69) is 4.98 Å². The summed E-state index contributed by atoms with van der Waals surface area (Å²) in [6.07, 6.45) is 3.21. The lowest BCUT2D eigenvalue weighted by molar-refractivity contribution is -0.140. The molecule has 160 valence electrons. The van der Waals surface area contributed by atoms with Crippen molar-refractivity contribution in [2.45, 2.75) is 19.5 Å². The molecule has 1 fully saturated rings. The van der Waals surface area contributed by atoms with Gasteiger partial charge >= 0.3 is 0 Å². The minimum Gasteiger partial charge on any atom is -0.508 e. The fourth-order valence-electron chi connectivity index (χ4n) is 4.18. The molecule has 8 nitrogen and oxygen atoms in total. The molecule has 1 atom stereocenters. The van der Waals surface area contributed by atoms with Gasteiger partial charge in [0.1, 0.15) is 22.9 Å². The molecule has 1 aliphatic heterocycles. The third-order valence-electron chi connectivity index (χ3n) is 5.56. The van der Waals surface area contributed by atoms with Crippen molar-refractivity contribution in [3.05, 3.63) is 95.3 Å². The van der Waals surface area contributed by atoms with E-state index >= 15 is 0 Å². The molecular formula is C24H19N3O5. The van der Waals surface area contributed by atoms with Crippen LogP contribution >= 0.6 is 0 Å². The Labute approximate surface area is 182 Å². The molecule has 32 heavy (non-hydrogen) atoms. The van der Waals surface area contributed by atoms with Crippen molar-refractivity contribution in [1.29, 1.82) is 0 Å². The molecule has 0 aliphatic carbocycles. The van der Waals surface area contributed by atoms with Crippen molar-refractivity contribution in [3.63, 3.8) is 0 Å². The van der Waals surface area contributed by atoms with E-state index in [1.807, 2.05) is 6.07 Å². The zero-order valence-electron chi connectivity index (χ0n) is 17.1. The quantitative estimate of drug-likeness (QED) is 0.292. The van der Waals surface area contributed by atoms with Gasteiger partial charge in [-0.1, -0.05) is 18.2 Å². The molecule has 2 N–H and O–H groups in total. The smallest absolute Gasteiger partial charge is 0.296 e. The van der Waals surface area contributed by atoms with Crippen LogP contribution in [-0.4, -0.2) is 36.2 Å². The predicted octanol–water partition coefficient (Wildman–Crippen LogP) is 3.56. The molecule has 1 saturated heterocycles. The molecule has 3 aromatic heterocycles. The fourth-order valence-corrected chi connectivity index (χ4v) is 4.18. The number of ketones is 1. The Kier molecular flexibility index (Phi) is 4.55. The van der Waals surface area contributed by atoms with Gasteiger partial charge in [-0.25, -0.2) is 4.98 Å². The summed E-state index contributed by atoms with van der Waals surface area (Å²) in [4.78, 5) is 32.0. The number of hydrogen-bond donors (Lipinski definition) is 2. The van der Waals surface area contributed by atoms with E-state index in [9.17, 15) is 19.8 Å². The number of carbonyl (C=O) groups excluding carboxylic acids is 2. The highest BCUT2D eigenvalue weighted by atomic mass is 16.3. The number of rotatable bonds is 4. The summed E-state index contributed by atoms with van der Waals surface area (Å²) in [5.74, 6) is -1.43. The molecule has 0 bridgehead atoms. The summed E-state index contributed by atoms with van der Waals surface area (Å²) in [6, 6.07) is 14.2. The number of Topliss-reactive ketones (excluding diaryl/α,β-unsaturated/α-hetero) is 1. The number of amides is 1. The summed E-state index contributed by atoms with van der Waals surface area (Å²) in [7, 11) is 0. The van der Waals surface area contributed by atoms with E-state index in [4.69, 9.17) is 4.42 Å². The number of imidazole rings is 1. The van der Waals surface area contributed by atoms with Crippen LogP contribution < -0.4 is 0 Å². The molecule has 0 radical (unpaired) electrons. The van der Waals surface area contributed by atoms with Gasteiger partial charge in [0.05, 0.1) is 30.1 Å². The summed E-state index contributed by atoms with van der Waals surface area (Å²) >= 11 is 0. The number of fused-ring (bicyclic) bond motifs is 1. The van der Waals surface area contributed by atoms with Crippen LogP contribution in [0.3, 0.4) is 0 Å². The number of benzene rings is 1. The van der Waals surface area contributed by atoms with E-state index in [0.717, 1.165) is 0 Å². The van der Waals surface area contributed by atoms with Crippen LogP contribution in [0.15, 0.2) is 77.0 Å². The van der Waals surface area contributed by atoms with Crippen LogP contribution in [0.1, 0.15) is 28.8 Å². The Hall–Kier alpha value is -4.33. The second-order valence-electron chi connectivity index (χ2n) is 7.58. The first kappa shape index (κ1) is 19.6. The maximum absolute atomic E-state index is 13.2. The molecular weight excluding hydrogens is 410 g/mol. The summed E-state index contributed by atoms with van der Waals surface area (Å²) in [5.41, 5.74) is 1.87. The highest BCUT2D eigenvalue weighted by molar-refractivity contribution is 6.46. The number of carbonyl (C=O) groups is 2. The average Bonchev–Trinajstić information content (AvgIpc) is 3.46. The zero-order chi connectivity index (χ0) is 22.4. The first-order valence-corrected chi connectivity index (χ1v) is 9.99. The summed E-state index contributed by atoms with van der Waals surface area (Å²) in [5, 5.41) is 21.4. The third-order valence-corrected chi connectivity index (χ3v) is 5.56. The van der Waals surface area contributed by atoms with Crippen molar-refractivity contribution in [2.75, 3.05) is 0 Å². The molecule has 0 spiro atoms. The van der Waals surface area contributed by atoms with Gasteiger partial charge in [-0.2, -0.15) is 0 Å². The number of phenols is 1. The van der Waals surface area contributed by atoms with Crippen LogP contribution in [-0.2, 0) is 16.1 Å². The topological polar surface area (TPSA) is 108 Å². The molecule has 1 aliphatic rings. The Morgan fingerprint density at radius 2 is 1.97 bits per heavy atom. The summed E-state index contributed by atoms with van der Waals surface area (Å²) in [6.45, 7) is 1.76. The molecule has 5 rings (SSSR count). The number of phenolic OH excluding ortho intramolecular Hbond substituents is 1. The average molecular weight is 429 g/mol. The monoisotopic (exact) mass is 429 g/mol. The largest absolute Gasteiger partial charge is 0.508 e. The van der Waals surface area contributed by atoms with E-state index in [0.29, 0.717) is 28.4 Å². The first-order chi connectivity index (χ1) is 15.5. The standard InChI is InChI=1S/C24H19N3O5/c1-14-20(26-10-3-2-9-18(26)25-14)22(29)19-21(15-6-4-7-16(28)12-15)27(24(31)23(19)30)13-17-8-5-11-32-17/h2-12,21,28-29H,13H2,1H3/b22-19+. The Bertz CT molecular complexity index is 1380. The Morgan fingerprint density at radius 1 is 1.12 bits per heavy atom. The van der Waals surface area contributed by atoms with E-state index in [-0.39, 0.29) is 23.6 Å². The SMILES string of the molecule is Cc1nc2ccccn2c1/C(O)=C1\C(=O)C(=O)N(Cc2ccco2)C1c1cccc(O)c1. The number of nitrogens with zero attached hydrogens (tertiary/aromatic N) is 3. The van der Waals surface area contributed by atoms with Gasteiger partial charge in [0.25, 0.3) is 11.7 Å². The van der Waals surface area contributed by atoms with Crippen LogP contribution in [0.5, 0.6) is 5.75 Å². The number of aliphatic hydroxyl groups is 1. The van der Waals surface area contributed by atoms with Gasteiger partial charge in [0, 0.05) is 6.20 Å². The van der Waals surface area contributed by atoms with Gasteiger partial charge in [-0.15, -0.1) is 0 Å². The van der Waals surface area contributed by atoms with Crippen molar-refractivity contribution < 1.29 is 24.2 Å². The van der Waals surface area contributed by atoms with Gasteiger partial charge in [-0.3, -0.25) is 14.0 Å². The van der Waals surface area contributed by atoms with Gasteiger partial charge < -0.3 is 19.5 Å². The zero-order valence-corrected chi connectivity index (χ0v) is 17.1. The molecule has 0 saturated carbocycles. The maximum Gasteiger partial charge on any atom is 0.296 e. The van der Waals surface area contributed by atoms with Crippen LogP contribution in [0.2, 0.25) is 0 Å². The van der Waals surface area contributed by atoms with Crippen molar-refractivity contribution in [1.82, 2.24) is 14.3 Å². The van der Waals surface area contributed by atoms with Crippen LogP contribution in [0, 0.1) is 6.92 Å². The second kappa shape index (κ2) is 7.42. The molecule has 1 aromatic carbocycles. The van der Waals surface area contributed by atoms with E-state index < -0.39 is 17.7 Å². The lowest BCUT2D eigenvalue weighted by Gasteiger charge is -2.24. The molecule has 1 amide bonds. The lowest BCUT2D eigenvalue weighted by Crippen LogP contribution is -2.29.